The van der Waals surface area contributed by atoms with Crippen LogP contribution in [-0.2, 0) is 10.4 Å². The molecule has 2 atom stereocenters. The van der Waals surface area contributed by atoms with Crippen molar-refractivity contribution in [2.24, 2.45) is 11.7 Å². The van der Waals surface area contributed by atoms with Gasteiger partial charge < -0.3 is 16.2 Å². The van der Waals surface area contributed by atoms with Crippen molar-refractivity contribution in [1.29, 1.82) is 5.41 Å². The van der Waals surface area contributed by atoms with Gasteiger partial charge in [-0.2, -0.15) is 0 Å². The highest BCUT2D eigenvalue weighted by atomic mass is 16.3. The summed E-state index contributed by atoms with van der Waals surface area (Å²) in [5.41, 5.74) is 9.51. The van der Waals surface area contributed by atoms with Crippen LogP contribution in [0.4, 0.5) is 0 Å². The summed E-state index contributed by atoms with van der Waals surface area (Å²) in [5.74, 6) is -0.268. The lowest BCUT2D eigenvalue weighted by molar-refractivity contribution is -0.124. The Kier molecular flexibility index (Phi) is 6.04. The molecule has 3 rings (SSSR count). The van der Waals surface area contributed by atoms with Gasteiger partial charge in [0, 0.05) is 17.2 Å². The van der Waals surface area contributed by atoms with Gasteiger partial charge in [-0.15, -0.1) is 0 Å². The van der Waals surface area contributed by atoms with Gasteiger partial charge in [-0.3, -0.25) is 10.2 Å². The van der Waals surface area contributed by atoms with Crippen molar-refractivity contribution in [3.63, 3.8) is 0 Å². The first-order chi connectivity index (χ1) is 13.3. The van der Waals surface area contributed by atoms with Crippen molar-refractivity contribution in [2.45, 2.75) is 64.4 Å². The number of nitrogens with one attached hydrogen (secondary N) is 2. The SMILES string of the molecule is Cc1cccc(C2(O)CCC[C@H](C(=O)NC(=N)C3=CCCC=C3N)CC2)c1C. The Morgan fingerprint density at radius 1 is 1.21 bits per heavy atom. The van der Waals surface area contributed by atoms with Gasteiger partial charge in [-0.25, -0.2) is 0 Å². The second kappa shape index (κ2) is 8.31. The normalized spacial score (nSPS) is 25.3. The predicted octanol–water partition coefficient (Wildman–Crippen LogP) is 3.73. The molecule has 1 aromatic rings. The second-order valence-electron chi connectivity index (χ2n) is 8.13. The summed E-state index contributed by atoms with van der Waals surface area (Å²) < 4.78 is 0. The van der Waals surface area contributed by atoms with Crippen molar-refractivity contribution in [3.05, 3.63) is 58.3 Å². The first kappa shape index (κ1) is 20.3. The number of aryl methyl sites for hydroxylation is 1. The summed E-state index contributed by atoms with van der Waals surface area (Å²) in [6.07, 6.45) is 8.81. The third kappa shape index (κ3) is 4.20. The van der Waals surface area contributed by atoms with E-state index in [9.17, 15) is 9.90 Å². The number of amidine groups is 1. The first-order valence-corrected chi connectivity index (χ1v) is 10.2. The number of hydrogen-bond acceptors (Lipinski definition) is 4. The topological polar surface area (TPSA) is 99.2 Å². The molecule has 0 heterocycles. The van der Waals surface area contributed by atoms with Crippen LogP contribution in [0, 0.1) is 25.2 Å². The maximum atomic E-state index is 12.8. The van der Waals surface area contributed by atoms with E-state index in [0.717, 1.165) is 36.8 Å². The van der Waals surface area contributed by atoms with Gasteiger partial charge >= 0.3 is 0 Å². The molecule has 5 N–H and O–H groups in total. The van der Waals surface area contributed by atoms with Crippen LogP contribution in [0.2, 0.25) is 0 Å². The molecule has 0 aliphatic heterocycles. The smallest absolute Gasteiger partial charge is 0.228 e. The minimum atomic E-state index is -0.891. The molecule has 1 amide bonds. The van der Waals surface area contributed by atoms with E-state index in [4.69, 9.17) is 11.1 Å². The van der Waals surface area contributed by atoms with Gasteiger partial charge in [0.05, 0.1) is 5.60 Å². The molecule has 28 heavy (non-hydrogen) atoms. The average Bonchev–Trinajstić information content (AvgIpc) is 2.86. The van der Waals surface area contributed by atoms with Crippen LogP contribution >= 0.6 is 0 Å². The number of nitrogens with two attached hydrogens (primary N) is 1. The minimum Gasteiger partial charge on any atom is -0.398 e. The van der Waals surface area contributed by atoms with Crippen molar-refractivity contribution >= 4 is 11.7 Å². The third-order valence-electron chi connectivity index (χ3n) is 6.23. The molecule has 2 aliphatic carbocycles. The standard InChI is InChI=1S/C23H31N3O2/c1-15-7-5-10-19(16(15)2)23(28)13-6-8-17(12-14-23)22(27)26-21(25)18-9-3-4-11-20(18)24/h5,7,9-11,17,28H,3-4,6,8,12-14,24H2,1-2H3,(H2,25,26,27)/t17-,23?/m0/s1. The van der Waals surface area contributed by atoms with Gasteiger partial charge in [0.1, 0.15) is 5.84 Å². The fraction of sp³-hybridized carbons (Fsp3) is 0.478. The van der Waals surface area contributed by atoms with E-state index in [1.54, 1.807) is 0 Å². The van der Waals surface area contributed by atoms with Crippen LogP contribution in [0.5, 0.6) is 0 Å². The molecule has 0 radical (unpaired) electrons. The van der Waals surface area contributed by atoms with Gasteiger partial charge in [0.25, 0.3) is 0 Å². The van der Waals surface area contributed by atoms with Crippen molar-refractivity contribution < 1.29 is 9.90 Å². The van der Waals surface area contributed by atoms with E-state index in [1.165, 1.54) is 5.56 Å². The zero-order valence-electron chi connectivity index (χ0n) is 16.8. The molecule has 0 bridgehead atoms. The lowest BCUT2D eigenvalue weighted by Crippen LogP contribution is -2.37. The molecule has 1 unspecified atom stereocenters. The molecule has 5 nitrogen and oxygen atoms in total. The van der Waals surface area contributed by atoms with Gasteiger partial charge in [-0.05, 0) is 75.5 Å². The molecule has 1 saturated carbocycles. The minimum absolute atomic E-state index is 0.0764. The number of aliphatic hydroxyl groups is 1. The first-order valence-electron chi connectivity index (χ1n) is 10.2. The molecule has 5 heteroatoms. The molecular weight excluding hydrogens is 350 g/mol. The van der Waals surface area contributed by atoms with E-state index in [0.29, 0.717) is 30.5 Å². The summed E-state index contributed by atoms with van der Waals surface area (Å²) >= 11 is 0. The van der Waals surface area contributed by atoms with E-state index >= 15 is 0 Å². The summed E-state index contributed by atoms with van der Waals surface area (Å²) in [6, 6.07) is 6.05. The Labute approximate surface area is 167 Å². The van der Waals surface area contributed by atoms with E-state index in [1.807, 2.05) is 24.3 Å². The second-order valence-corrected chi connectivity index (χ2v) is 8.13. The summed E-state index contributed by atoms with van der Waals surface area (Å²) in [7, 11) is 0. The highest BCUT2D eigenvalue weighted by Gasteiger charge is 2.36. The number of amides is 1. The molecule has 1 fully saturated rings. The summed E-state index contributed by atoms with van der Waals surface area (Å²) in [5, 5.41) is 22.3. The molecule has 0 spiro atoms. The van der Waals surface area contributed by atoms with E-state index < -0.39 is 5.60 Å². The number of carbonyl (C=O) groups excluding carboxylic acids is 1. The Hall–Kier alpha value is -2.40. The molecular formula is C23H31N3O2. The highest BCUT2D eigenvalue weighted by molar-refractivity contribution is 6.08. The largest absolute Gasteiger partial charge is 0.398 e. The van der Waals surface area contributed by atoms with E-state index in [2.05, 4.69) is 25.2 Å². The number of hydrogen-bond donors (Lipinski definition) is 4. The molecule has 150 valence electrons. The van der Waals surface area contributed by atoms with Crippen LogP contribution in [-0.4, -0.2) is 16.8 Å². The van der Waals surface area contributed by atoms with Gasteiger partial charge in [-0.1, -0.05) is 30.4 Å². The zero-order chi connectivity index (χ0) is 20.3. The Balaban J connectivity index is 1.67. The maximum Gasteiger partial charge on any atom is 0.228 e. The zero-order valence-corrected chi connectivity index (χ0v) is 16.8. The molecule has 1 aromatic carbocycles. The van der Waals surface area contributed by atoms with Crippen LogP contribution < -0.4 is 11.1 Å². The Morgan fingerprint density at radius 3 is 2.71 bits per heavy atom. The molecule has 0 aromatic heterocycles. The quantitative estimate of drug-likeness (QED) is 0.365. The predicted molar refractivity (Wildman–Crippen MR) is 112 cm³/mol. The number of carbonyl (C=O) groups is 1. The van der Waals surface area contributed by atoms with Gasteiger partial charge in [0.2, 0.25) is 5.91 Å². The van der Waals surface area contributed by atoms with Gasteiger partial charge in [0.15, 0.2) is 0 Å². The summed E-state index contributed by atoms with van der Waals surface area (Å²) in [4.78, 5) is 12.8. The van der Waals surface area contributed by atoms with Crippen LogP contribution in [0.15, 0.2) is 41.6 Å². The van der Waals surface area contributed by atoms with Crippen molar-refractivity contribution in [2.75, 3.05) is 0 Å². The highest BCUT2D eigenvalue weighted by Crippen LogP contribution is 2.39. The molecule has 2 aliphatic rings. The Bertz CT molecular complexity index is 840. The lowest BCUT2D eigenvalue weighted by Gasteiger charge is -2.29. The van der Waals surface area contributed by atoms with Crippen molar-refractivity contribution in [3.8, 4) is 0 Å². The van der Waals surface area contributed by atoms with E-state index in [-0.39, 0.29) is 17.7 Å². The number of allylic oxidation sites excluding steroid dienone is 2. The monoisotopic (exact) mass is 381 g/mol. The fourth-order valence-electron chi connectivity index (χ4n) is 4.34. The van der Waals surface area contributed by atoms with Crippen LogP contribution in [0.25, 0.3) is 0 Å². The van der Waals surface area contributed by atoms with Crippen molar-refractivity contribution in [1.82, 2.24) is 5.32 Å². The van der Waals surface area contributed by atoms with Crippen LogP contribution in [0.1, 0.15) is 61.6 Å². The fourth-order valence-corrected chi connectivity index (χ4v) is 4.34. The van der Waals surface area contributed by atoms with Crippen LogP contribution in [0.3, 0.4) is 0 Å². The third-order valence-corrected chi connectivity index (χ3v) is 6.23. The Morgan fingerprint density at radius 2 is 1.96 bits per heavy atom. The lowest BCUT2D eigenvalue weighted by atomic mass is 9.82. The maximum absolute atomic E-state index is 12.8. The number of benzene rings is 1. The molecule has 0 saturated heterocycles. The number of rotatable bonds is 3. The average molecular weight is 382 g/mol. The summed E-state index contributed by atoms with van der Waals surface area (Å²) in [6.45, 7) is 4.11.